The Kier molecular flexibility index (Phi) is 6.44. The number of aryl methyl sites for hydroxylation is 3. The number of hydrogen-bond donors (Lipinski definition) is 1. The van der Waals surface area contributed by atoms with Gasteiger partial charge in [-0.15, -0.1) is 11.3 Å². The van der Waals surface area contributed by atoms with Crippen molar-refractivity contribution >= 4 is 28.9 Å². The molecule has 0 saturated carbocycles. The lowest BCUT2D eigenvalue weighted by atomic mass is 10.1. The summed E-state index contributed by atoms with van der Waals surface area (Å²) < 4.78 is 5.31. The fourth-order valence-electron chi connectivity index (χ4n) is 2.89. The van der Waals surface area contributed by atoms with Crippen LogP contribution in [0.15, 0.2) is 47.8 Å². The highest BCUT2D eigenvalue weighted by molar-refractivity contribution is 7.13. The molecule has 0 bridgehead atoms. The summed E-state index contributed by atoms with van der Waals surface area (Å²) in [6.07, 6.45) is -0.861. The largest absolute Gasteiger partial charge is 0.452 e. The summed E-state index contributed by atoms with van der Waals surface area (Å²) in [5, 5.41) is 5.55. The van der Waals surface area contributed by atoms with Crippen molar-refractivity contribution in [2.75, 3.05) is 5.32 Å². The number of benzene rings is 2. The number of thiazole rings is 1. The third-order valence-corrected chi connectivity index (χ3v) is 5.52. The smallest absolute Gasteiger partial charge is 0.312 e. The first-order valence-corrected chi connectivity index (χ1v) is 10.3. The topological polar surface area (TPSA) is 68.3 Å². The molecule has 6 heteroatoms. The zero-order chi connectivity index (χ0) is 21.0. The predicted molar refractivity (Wildman–Crippen MR) is 116 cm³/mol. The minimum absolute atomic E-state index is 0.0311. The van der Waals surface area contributed by atoms with Crippen molar-refractivity contribution in [3.8, 4) is 10.6 Å². The van der Waals surface area contributed by atoms with Crippen molar-refractivity contribution in [1.29, 1.82) is 0 Å². The molecule has 3 rings (SSSR count). The van der Waals surface area contributed by atoms with E-state index in [4.69, 9.17) is 4.74 Å². The van der Waals surface area contributed by atoms with Gasteiger partial charge in [-0.1, -0.05) is 48.0 Å². The Bertz CT molecular complexity index is 1000. The molecule has 2 aromatic carbocycles. The highest BCUT2D eigenvalue weighted by Gasteiger charge is 2.20. The van der Waals surface area contributed by atoms with E-state index < -0.39 is 12.1 Å². The summed E-state index contributed by atoms with van der Waals surface area (Å²) in [4.78, 5) is 29.2. The molecule has 150 valence electrons. The molecule has 0 fully saturated rings. The molecule has 1 heterocycles. The van der Waals surface area contributed by atoms with Crippen molar-refractivity contribution in [3.63, 3.8) is 0 Å². The van der Waals surface area contributed by atoms with Gasteiger partial charge in [0.05, 0.1) is 12.1 Å². The van der Waals surface area contributed by atoms with Crippen molar-refractivity contribution in [2.24, 2.45) is 0 Å². The summed E-state index contributed by atoms with van der Waals surface area (Å²) in [7, 11) is 0. The Balaban J connectivity index is 1.57. The van der Waals surface area contributed by atoms with E-state index in [1.54, 1.807) is 6.92 Å². The molecular formula is C23H24N2O3S. The zero-order valence-corrected chi connectivity index (χ0v) is 17.8. The van der Waals surface area contributed by atoms with E-state index in [-0.39, 0.29) is 12.3 Å². The van der Waals surface area contributed by atoms with E-state index >= 15 is 0 Å². The van der Waals surface area contributed by atoms with Gasteiger partial charge in [0.2, 0.25) is 0 Å². The molecule has 1 N–H and O–H groups in total. The van der Waals surface area contributed by atoms with Gasteiger partial charge < -0.3 is 10.1 Å². The number of amides is 1. The van der Waals surface area contributed by atoms with Crippen molar-refractivity contribution in [1.82, 2.24) is 4.98 Å². The van der Waals surface area contributed by atoms with Crippen LogP contribution in [0.3, 0.4) is 0 Å². The van der Waals surface area contributed by atoms with Crippen LogP contribution < -0.4 is 5.32 Å². The Hall–Kier alpha value is -2.99. The van der Waals surface area contributed by atoms with Crippen LogP contribution in [-0.4, -0.2) is 23.0 Å². The first-order valence-electron chi connectivity index (χ1n) is 9.41. The Morgan fingerprint density at radius 2 is 1.72 bits per heavy atom. The number of ether oxygens (including phenoxy) is 1. The monoisotopic (exact) mass is 408 g/mol. The lowest BCUT2D eigenvalue weighted by Crippen LogP contribution is -2.31. The van der Waals surface area contributed by atoms with Gasteiger partial charge >= 0.3 is 5.97 Å². The summed E-state index contributed by atoms with van der Waals surface area (Å²) in [6.45, 7) is 7.45. The number of aromatic nitrogens is 1. The van der Waals surface area contributed by atoms with Gasteiger partial charge in [0.15, 0.2) is 6.10 Å². The standard InChI is InChI=1S/C23H24N2O3S/c1-14-8-10-18(11-9-14)23-24-19(13-29-23)12-20(26)28-17(4)22(27)25-21-15(2)6-5-7-16(21)3/h5-11,13,17H,12H2,1-4H3,(H,25,27)/t17-/m0/s1. The number of hydrogen-bond acceptors (Lipinski definition) is 5. The van der Waals surface area contributed by atoms with Gasteiger partial charge in [-0.2, -0.15) is 0 Å². The van der Waals surface area contributed by atoms with Crippen LogP contribution >= 0.6 is 11.3 Å². The molecule has 0 unspecified atom stereocenters. The quantitative estimate of drug-likeness (QED) is 0.592. The second-order valence-electron chi connectivity index (χ2n) is 7.07. The zero-order valence-electron chi connectivity index (χ0n) is 17.0. The average Bonchev–Trinajstić information content (AvgIpc) is 3.13. The van der Waals surface area contributed by atoms with E-state index in [9.17, 15) is 9.59 Å². The minimum Gasteiger partial charge on any atom is -0.452 e. The normalized spacial score (nSPS) is 11.7. The number of esters is 1. The number of carbonyl (C=O) groups is 2. The number of nitrogens with zero attached hydrogens (tertiary/aromatic N) is 1. The predicted octanol–water partition coefficient (Wildman–Crippen LogP) is 4.85. The molecule has 29 heavy (non-hydrogen) atoms. The third kappa shape index (κ3) is 5.29. The van der Waals surface area contributed by atoms with E-state index in [0.717, 1.165) is 27.4 Å². The highest BCUT2D eigenvalue weighted by atomic mass is 32.1. The fraction of sp³-hybridized carbons (Fsp3) is 0.261. The minimum atomic E-state index is -0.892. The van der Waals surface area contributed by atoms with E-state index in [1.807, 2.05) is 68.6 Å². The van der Waals surface area contributed by atoms with Crippen LogP contribution in [0, 0.1) is 20.8 Å². The summed E-state index contributed by atoms with van der Waals surface area (Å²) in [5.41, 5.74) is 5.51. The number of para-hydroxylation sites is 1. The molecule has 5 nitrogen and oxygen atoms in total. The molecule has 0 aliphatic carbocycles. The Morgan fingerprint density at radius 3 is 2.38 bits per heavy atom. The third-order valence-electron chi connectivity index (χ3n) is 4.58. The first kappa shape index (κ1) is 20.7. The summed E-state index contributed by atoms with van der Waals surface area (Å²) >= 11 is 1.48. The highest BCUT2D eigenvalue weighted by Crippen LogP contribution is 2.24. The Morgan fingerprint density at radius 1 is 1.07 bits per heavy atom. The maximum absolute atomic E-state index is 12.4. The molecule has 3 aromatic rings. The van der Waals surface area contributed by atoms with E-state index in [2.05, 4.69) is 10.3 Å². The van der Waals surface area contributed by atoms with Gasteiger partial charge in [0.1, 0.15) is 5.01 Å². The van der Waals surface area contributed by atoms with Gasteiger partial charge in [0.25, 0.3) is 5.91 Å². The number of anilines is 1. The lowest BCUT2D eigenvalue weighted by molar-refractivity contribution is -0.152. The fourth-order valence-corrected chi connectivity index (χ4v) is 3.72. The van der Waals surface area contributed by atoms with E-state index in [1.165, 1.54) is 16.9 Å². The lowest BCUT2D eigenvalue weighted by Gasteiger charge is -2.16. The summed E-state index contributed by atoms with van der Waals surface area (Å²) in [5.74, 6) is -0.829. The molecular weight excluding hydrogens is 384 g/mol. The molecule has 0 aliphatic heterocycles. The maximum atomic E-state index is 12.4. The van der Waals surface area contributed by atoms with Gasteiger partial charge in [-0.25, -0.2) is 4.98 Å². The van der Waals surface area contributed by atoms with Crippen LogP contribution in [0.25, 0.3) is 10.6 Å². The van der Waals surface area contributed by atoms with Crippen LogP contribution in [0.2, 0.25) is 0 Å². The number of rotatable bonds is 6. The molecule has 1 atom stereocenters. The van der Waals surface area contributed by atoms with Crippen LogP contribution in [0.4, 0.5) is 5.69 Å². The molecule has 0 saturated heterocycles. The maximum Gasteiger partial charge on any atom is 0.312 e. The van der Waals surface area contributed by atoms with Crippen LogP contribution in [0.1, 0.15) is 29.3 Å². The van der Waals surface area contributed by atoms with Gasteiger partial charge in [0, 0.05) is 16.6 Å². The van der Waals surface area contributed by atoms with Crippen molar-refractivity contribution in [2.45, 2.75) is 40.2 Å². The van der Waals surface area contributed by atoms with Crippen LogP contribution in [-0.2, 0) is 20.7 Å². The molecule has 0 spiro atoms. The van der Waals surface area contributed by atoms with Gasteiger partial charge in [-0.3, -0.25) is 9.59 Å². The number of carbonyl (C=O) groups excluding carboxylic acids is 2. The average molecular weight is 409 g/mol. The second kappa shape index (κ2) is 9.01. The number of nitrogens with one attached hydrogen (secondary N) is 1. The molecule has 0 aliphatic rings. The van der Waals surface area contributed by atoms with Crippen LogP contribution in [0.5, 0.6) is 0 Å². The second-order valence-corrected chi connectivity index (χ2v) is 7.93. The molecule has 1 amide bonds. The van der Waals surface area contributed by atoms with E-state index in [0.29, 0.717) is 5.69 Å². The Labute approximate surface area is 174 Å². The van der Waals surface area contributed by atoms with Crippen molar-refractivity contribution < 1.29 is 14.3 Å². The molecule has 1 aromatic heterocycles. The SMILES string of the molecule is Cc1ccc(-c2nc(CC(=O)O[C@@H](C)C(=O)Nc3c(C)cccc3C)cs2)cc1. The first-order chi connectivity index (χ1) is 13.8. The van der Waals surface area contributed by atoms with Crippen molar-refractivity contribution in [3.05, 3.63) is 70.2 Å². The molecule has 0 radical (unpaired) electrons. The van der Waals surface area contributed by atoms with Gasteiger partial charge in [-0.05, 0) is 38.8 Å². The summed E-state index contributed by atoms with van der Waals surface area (Å²) in [6, 6.07) is 13.9.